The van der Waals surface area contributed by atoms with Crippen molar-refractivity contribution in [2.24, 2.45) is 5.73 Å². The molecule has 2 aliphatic rings. The zero-order valence-electron chi connectivity index (χ0n) is 7.19. The van der Waals surface area contributed by atoms with Crippen molar-refractivity contribution in [1.29, 1.82) is 0 Å². The molecule has 2 fully saturated rings. The number of carbonyl (C=O) groups is 1. The molecule has 0 saturated carbocycles. The van der Waals surface area contributed by atoms with E-state index in [-0.39, 0.29) is 12.1 Å². The van der Waals surface area contributed by atoms with Crippen LogP contribution in [-0.2, 0) is 9.53 Å². The molecule has 2 saturated heterocycles. The van der Waals surface area contributed by atoms with Crippen molar-refractivity contribution in [3.8, 4) is 0 Å². The molecule has 4 nitrogen and oxygen atoms in total. The van der Waals surface area contributed by atoms with E-state index in [1.54, 1.807) is 4.90 Å². The van der Waals surface area contributed by atoms with Gasteiger partial charge in [-0.1, -0.05) is 0 Å². The number of nitrogens with two attached hydrogens (primary N) is 1. The van der Waals surface area contributed by atoms with Crippen LogP contribution in [0.5, 0.6) is 0 Å². The van der Waals surface area contributed by atoms with Crippen LogP contribution in [-0.4, -0.2) is 35.7 Å². The smallest absolute Gasteiger partial charge is 0.244 e. The molecule has 0 aromatic rings. The van der Waals surface area contributed by atoms with Crippen LogP contribution < -0.4 is 5.73 Å². The summed E-state index contributed by atoms with van der Waals surface area (Å²) in [6, 6.07) is -0.143. The molecule has 2 rings (SSSR count). The van der Waals surface area contributed by atoms with Crippen molar-refractivity contribution >= 4 is 5.91 Å². The van der Waals surface area contributed by atoms with Crippen molar-refractivity contribution in [2.45, 2.75) is 38.1 Å². The maximum atomic E-state index is 11.5. The first kappa shape index (κ1) is 8.01. The second kappa shape index (κ2) is 2.71. The fourth-order valence-corrected chi connectivity index (χ4v) is 1.95. The van der Waals surface area contributed by atoms with Gasteiger partial charge in [0.15, 0.2) is 0 Å². The van der Waals surface area contributed by atoms with Gasteiger partial charge < -0.3 is 15.4 Å². The number of hydrogen-bond donors (Lipinski definition) is 1. The highest BCUT2D eigenvalue weighted by molar-refractivity contribution is 5.83. The lowest BCUT2D eigenvalue weighted by Gasteiger charge is -2.35. The standard InChI is InChI=1S/C8H14N2O2/c1-5-2-3-7-10(5)8(11)6(9)4-12-7/h5-7H,2-4,9H2,1H3/t5?,6-,7?/m0/s1. The fraction of sp³-hybridized carbons (Fsp3) is 0.875. The Kier molecular flexibility index (Phi) is 1.81. The van der Waals surface area contributed by atoms with Crippen molar-refractivity contribution in [3.05, 3.63) is 0 Å². The molecule has 68 valence electrons. The Bertz CT molecular complexity index is 207. The van der Waals surface area contributed by atoms with E-state index < -0.39 is 6.04 Å². The van der Waals surface area contributed by atoms with Crippen molar-refractivity contribution in [2.75, 3.05) is 6.61 Å². The van der Waals surface area contributed by atoms with E-state index in [9.17, 15) is 4.79 Å². The third-order valence-corrected chi connectivity index (χ3v) is 2.66. The SMILES string of the molecule is CC1CCC2OC[C@H](N)C(=O)N12. The van der Waals surface area contributed by atoms with Crippen LogP contribution in [0.4, 0.5) is 0 Å². The minimum Gasteiger partial charge on any atom is -0.356 e. The quantitative estimate of drug-likeness (QED) is 0.542. The molecule has 0 bridgehead atoms. The van der Waals surface area contributed by atoms with E-state index in [1.807, 2.05) is 6.92 Å². The average Bonchev–Trinajstić information content (AvgIpc) is 2.41. The van der Waals surface area contributed by atoms with Gasteiger partial charge in [-0.25, -0.2) is 0 Å². The van der Waals surface area contributed by atoms with Gasteiger partial charge in [-0.2, -0.15) is 0 Å². The second-order valence-corrected chi connectivity index (χ2v) is 3.57. The number of hydrogen-bond acceptors (Lipinski definition) is 3. The molecule has 4 heteroatoms. The van der Waals surface area contributed by atoms with Gasteiger partial charge >= 0.3 is 0 Å². The summed E-state index contributed by atoms with van der Waals surface area (Å²) in [5.41, 5.74) is 5.58. The molecule has 2 aliphatic heterocycles. The maximum absolute atomic E-state index is 11.5. The third kappa shape index (κ3) is 1.03. The molecular formula is C8H14N2O2. The Morgan fingerprint density at radius 1 is 1.58 bits per heavy atom. The highest BCUT2D eigenvalue weighted by Gasteiger charge is 2.40. The number of ether oxygens (including phenoxy) is 1. The normalized spacial score (nSPS) is 41.7. The van der Waals surface area contributed by atoms with Crippen LogP contribution >= 0.6 is 0 Å². The first-order valence-corrected chi connectivity index (χ1v) is 4.39. The number of fused-ring (bicyclic) bond motifs is 1. The molecule has 0 aromatic carbocycles. The molecule has 1 amide bonds. The van der Waals surface area contributed by atoms with Crippen LogP contribution in [0.3, 0.4) is 0 Å². The minimum absolute atomic E-state index is 0.00676. The van der Waals surface area contributed by atoms with Gasteiger partial charge in [0, 0.05) is 6.04 Å². The third-order valence-electron chi connectivity index (χ3n) is 2.66. The minimum atomic E-state index is -0.443. The van der Waals surface area contributed by atoms with Gasteiger partial charge in [-0.05, 0) is 19.8 Å². The van der Waals surface area contributed by atoms with Crippen LogP contribution in [0, 0.1) is 0 Å². The summed E-state index contributed by atoms with van der Waals surface area (Å²) >= 11 is 0. The zero-order chi connectivity index (χ0) is 8.72. The lowest BCUT2D eigenvalue weighted by atomic mass is 10.2. The first-order chi connectivity index (χ1) is 5.70. The Balaban J connectivity index is 2.17. The van der Waals surface area contributed by atoms with Crippen LogP contribution in [0.25, 0.3) is 0 Å². The molecule has 0 aliphatic carbocycles. The molecule has 3 atom stereocenters. The number of carbonyl (C=O) groups excluding carboxylic acids is 1. The van der Waals surface area contributed by atoms with Crippen molar-refractivity contribution in [1.82, 2.24) is 4.90 Å². The molecule has 0 radical (unpaired) electrons. The van der Waals surface area contributed by atoms with Gasteiger partial charge in [-0.15, -0.1) is 0 Å². The summed E-state index contributed by atoms with van der Waals surface area (Å²) in [4.78, 5) is 13.3. The van der Waals surface area contributed by atoms with Crippen molar-refractivity contribution < 1.29 is 9.53 Å². The van der Waals surface area contributed by atoms with Gasteiger partial charge in [-0.3, -0.25) is 4.79 Å². The summed E-state index contributed by atoms with van der Waals surface area (Å²) in [7, 11) is 0. The largest absolute Gasteiger partial charge is 0.356 e. The Morgan fingerprint density at radius 3 is 3.08 bits per heavy atom. The van der Waals surface area contributed by atoms with E-state index in [2.05, 4.69) is 0 Å². The van der Waals surface area contributed by atoms with Crippen molar-refractivity contribution in [3.63, 3.8) is 0 Å². The van der Waals surface area contributed by atoms with E-state index in [4.69, 9.17) is 10.5 Å². The number of amides is 1. The molecule has 2 heterocycles. The lowest BCUT2D eigenvalue weighted by Crippen LogP contribution is -2.56. The van der Waals surface area contributed by atoms with Gasteiger partial charge in [0.1, 0.15) is 12.3 Å². The molecular weight excluding hydrogens is 156 g/mol. The summed E-state index contributed by atoms with van der Waals surface area (Å²) in [6.07, 6.45) is 2.00. The van der Waals surface area contributed by atoms with Crippen LogP contribution in [0.1, 0.15) is 19.8 Å². The zero-order valence-corrected chi connectivity index (χ0v) is 7.19. The summed E-state index contributed by atoms with van der Waals surface area (Å²) in [5.74, 6) is 0.0521. The first-order valence-electron chi connectivity index (χ1n) is 4.39. The van der Waals surface area contributed by atoms with E-state index in [0.29, 0.717) is 12.6 Å². The Hall–Kier alpha value is -0.610. The van der Waals surface area contributed by atoms with E-state index >= 15 is 0 Å². The summed E-state index contributed by atoms with van der Waals surface area (Å²) < 4.78 is 5.44. The van der Waals surface area contributed by atoms with E-state index in [0.717, 1.165) is 12.8 Å². The predicted octanol–water partition coefficient (Wildman–Crippen LogP) is -0.319. The van der Waals surface area contributed by atoms with Crippen LogP contribution in [0.15, 0.2) is 0 Å². The monoisotopic (exact) mass is 170 g/mol. The number of rotatable bonds is 0. The van der Waals surface area contributed by atoms with Gasteiger partial charge in [0.2, 0.25) is 5.91 Å². The maximum Gasteiger partial charge on any atom is 0.244 e. The Labute approximate surface area is 71.7 Å². The van der Waals surface area contributed by atoms with Gasteiger partial charge in [0.25, 0.3) is 0 Å². The summed E-state index contributed by atoms with van der Waals surface area (Å²) in [5, 5.41) is 0. The average molecular weight is 170 g/mol. The topological polar surface area (TPSA) is 55.6 Å². The van der Waals surface area contributed by atoms with E-state index in [1.165, 1.54) is 0 Å². The van der Waals surface area contributed by atoms with Gasteiger partial charge in [0.05, 0.1) is 6.61 Å². The molecule has 0 aromatic heterocycles. The fourth-order valence-electron chi connectivity index (χ4n) is 1.95. The highest BCUT2D eigenvalue weighted by Crippen LogP contribution is 2.27. The summed E-state index contributed by atoms with van der Waals surface area (Å²) in [6.45, 7) is 2.42. The second-order valence-electron chi connectivity index (χ2n) is 3.57. The highest BCUT2D eigenvalue weighted by atomic mass is 16.5. The Morgan fingerprint density at radius 2 is 2.33 bits per heavy atom. The lowest BCUT2D eigenvalue weighted by molar-refractivity contribution is -0.160. The molecule has 0 spiro atoms. The molecule has 12 heavy (non-hydrogen) atoms. The predicted molar refractivity (Wildman–Crippen MR) is 43.3 cm³/mol. The molecule has 2 N–H and O–H groups in total. The number of nitrogens with zero attached hydrogens (tertiary/aromatic N) is 1. The van der Waals surface area contributed by atoms with Crippen LogP contribution in [0.2, 0.25) is 0 Å². The molecule has 2 unspecified atom stereocenters.